The number of carbonyl (C=O) groups is 1. The maximum atomic E-state index is 11.4. The Morgan fingerprint density at radius 1 is 1.52 bits per heavy atom. The molecule has 0 aliphatic rings. The lowest BCUT2D eigenvalue weighted by atomic mass is 10.1. The fourth-order valence-electron chi connectivity index (χ4n) is 2.02. The lowest BCUT2D eigenvalue weighted by molar-refractivity contribution is -0.385. The highest BCUT2D eigenvalue weighted by molar-refractivity contribution is 5.94. The predicted octanol–water partition coefficient (Wildman–Crippen LogP) is 3.09. The van der Waals surface area contributed by atoms with E-state index in [-0.39, 0.29) is 17.3 Å². The van der Waals surface area contributed by atoms with Gasteiger partial charge in [0.1, 0.15) is 17.6 Å². The van der Waals surface area contributed by atoms with Crippen molar-refractivity contribution < 1.29 is 14.8 Å². The van der Waals surface area contributed by atoms with E-state index in [0.29, 0.717) is 12.4 Å². The minimum Gasteiger partial charge on any atom is -0.478 e. The number of rotatable bonds is 8. The molecule has 0 aliphatic heterocycles. The van der Waals surface area contributed by atoms with Crippen LogP contribution in [0, 0.1) is 10.1 Å². The Labute approximate surface area is 123 Å². The number of hydrogen-bond donors (Lipinski definition) is 1. The summed E-state index contributed by atoms with van der Waals surface area (Å²) in [6, 6.07) is 1.19. The van der Waals surface area contributed by atoms with Crippen molar-refractivity contribution in [3.63, 3.8) is 0 Å². The molecule has 1 N–H and O–H groups in total. The van der Waals surface area contributed by atoms with Gasteiger partial charge in [0, 0.05) is 18.7 Å². The summed E-state index contributed by atoms with van der Waals surface area (Å²) in [6.07, 6.45) is 3.83. The van der Waals surface area contributed by atoms with Crippen molar-refractivity contribution >= 4 is 17.5 Å². The van der Waals surface area contributed by atoms with Crippen LogP contribution in [-0.2, 0) is 0 Å². The summed E-state index contributed by atoms with van der Waals surface area (Å²) >= 11 is 0. The van der Waals surface area contributed by atoms with Crippen LogP contribution in [0.1, 0.15) is 50.4 Å². The monoisotopic (exact) mass is 295 g/mol. The van der Waals surface area contributed by atoms with Gasteiger partial charge in [-0.1, -0.05) is 20.3 Å². The van der Waals surface area contributed by atoms with Gasteiger partial charge in [0.15, 0.2) is 0 Å². The number of hydrogen-bond acceptors (Lipinski definition) is 5. The second kappa shape index (κ2) is 7.56. The topological polar surface area (TPSA) is 96.6 Å². The fraction of sp³-hybridized carbons (Fsp3) is 0.571. The zero-order valence-electron chi connectivity index (χ0n) is 12.6. The Bertz CT molecular complexity index is 519. The first-order chi connectivity index (χ1) is 9.92. The molecule has 1 unspecified atom stereocenters. The van der Waals surface area contributed by atoms with Crippen molar-refractivity contribution in [1.82, 2.24) is 4.98 Å². The van der Waals surface area contributed by atoms with Crippen molar-refractivity contribution in [3.8, 4) is 0 Å². The van der Waals surface area contributed by atoms with Crippen LogP contribution in [0.2, 0.25) is 0 Å². The minimum absolute atomic E-state index is 0.114. The standard InChI is InChI=1S/C14H21N3O4/c1-4-6-7-16(10(3)5-2)13-12(14(18)19)8-11(9-15-13)17(20)21/h8-10H,4-7H2,1-3H3,(H,18,19). The highest BCUT2D eigenvalue weighted by Crippen LogP contribution is 2.25. The molecule has 0 bridgehead atoms. The Kier molecular flexibility index (Phi) is 6.08. The Hall–Kier alpha value is -2.18. The van der Waals surface area contributed by atoms with E-state index in [1.165, 1.54) is 0 Å². The minimum atomic E-state index is -1.20. The number of aromatic carboxylic acids is 1. The van der Waals surface area contributed by atoms with E-state index in [0.717, 1.165) is 31.5 Å². The summed E-state index contributed by atoms with van der Waals surface area (Å²) in [5.74, 6) is -0.901. The Morgan fingerprint density at radius 3 is 2.67 bits per heavy atom. The largest absolute Gasteiger partial charge is 0.478 e. The summed E-state index contributed by atoms with van der Waals surface area (Å²) in [4.78, 5) is 27.5. The van der Waals surface area contributed by atoms with E-state index in [2.05, 4.69) is 11.9 Å². The third-order valence-electron chi connectivity index (χ3n) is 3.44. The number of pyridine rings is 1. The molecule has 7 heteroatoms. The van der Waals surface area contributed by atoms with Gasteiger partial charge in [0.05, 0.1) is 4.92 Å². The average Bonchev–Trinajstić information content (AvgIpc) is 2.46. The lowest BCUT2D eigenvalue weighted by Crippen LogP contribution is -2.35. The highest BCUT2D eigenvalue weighted by atomic mass is 16.6. The molecule has 0 fully saturated rings. The molecule has 0 amide bonds. The molecule has 0 saturated carbocycles. The van der Waals surface area contributed by atoms with E-state index in [1.54, 1.807) is 0 Å². The molecule has 0 radical (unpaired) electrons. The Morgan fingerprint density at radius 2 is 2.19 bits per heavy atom. The van der Waals surface area contributed by atoms with Gasteiger partial charge in [-0.2, -0.15) is 0 Å². The van der Waals surface area contributed by atoms with Gasteiger partial charge in [-0.05, 0) is 19.8 Å². The zero-order valence-corrected chi connectivity index (χ0v) is 12.6. The number of nitrogens with zero attached hydrogens (tertiary/aromatic N) is 3. The van der Waals surface area contributed by atoms with Gasteiger partial charge in [-0.15, -0.1) is 0 Å². The van der Waals surface area contributed by atoms with Gasteiger partial charge in [0.2, 0.25) is 0 Å². The van der Waals surface area contributed by atoms with Gasteiger partial charge < -0.3 is 10.0 Å². The first-order valence-electron chi connectivity index (χ1n) is 7.06. The summed E-state index contributed by atoms with van der Waals surface area (Å²) < 4.78 is 0. The quantitative estimate of drug-likeness (QED) is 0.584. The SMILES string of the molecule is CCCCN(c1ncc([N+](=O)[O-])cc1C(=O)O)C(C)CC. The van der Waals surface area contributed by atoms with Crippen LogP contribution in [0.4, 0.5) is 11.5 Å². The molecular weight excluding hydrogens is 274 g/mol. The van der Waals surface area contributed by atoms with E-state index in [4.69, 9.17) is 0 Å². The summed E-state index contributed by atoms with van der Waals surface area (Å²) in [5, 5.41) is 20.1. The summed E-state index contributed by atoms with van der Waals surface area (Å²) in [5.41, 5.74) is -0.434. The number of aromatic nitrogens is 1. The van der Waals surface area contributed by atoms with E-state index < -0.39 is 10.9 Å². The van der Waals surface area contributed by atoms with Crippen LogP contribution >= 0.6 is 0 Å². The van der Waals surface area contributed by atoms with Crippen molar-refractivity contribution in [3.05, 3.63) is 27.9 Å². The molecular formula is C14H21N3O4. The number of carboxylic acid groups (broad SMARTS) is 1. The lowest BCUT2D eigenvalue weighted by Gasteiger charge is -2.30. The number of carboxylic acids is 1. The molecule has 1 aromatic heterocycles. The first kappa shape index (κ1) is 16.9. The van der Waals surface area contributed by atoms with E-state index >= 15 is 0 Å². The molecule has 1 rings (SSSR count). The molecule has 7 nitrogen and oxygen atoms in total. The van der Waals surface area contributed by atoms with Crippen molar-refractivity contribution in [1.29, 1.82) is 0 Å². The van der Waals surface area contributed by atoms with Crippen LogP contribution in [0.25, 0.3) is 0 Å². The smallest absolute Gasteiger partial charge is 0.339 e. The molecule has 1 aromatic rings. The molecule has 1 heterocycles. The van der Waals surface area contributed by atoms with E-state index in [1.807, 2.05) is 18.7 Å². The van der Waals surface area contributed by atoms with Crippen LogP contribution in [0.3, 0.4) is 0 Å². The second-order valence-corrected chi connectivity index (χ2v) is 4.93. The van der Waals surface area contributed by atoms with Crippen LogP contribution < -0.4 is 4.90 Å². The predicted molar refractivity (Wildman–Crippen MR) is 79.9 cm³/mol. The van der Waals surface area contributed by atoms with Crippen LogP contribution in [0.15, 0.2) is 12.3 Å². The maximum Gasteiger partial charge on any atom is 0.339 e. The van der Waals surface area contributed by atoms with Gasteiger partial charge in [-0.25, -0.2) is 9.78 Å². The molecule has 116 valence electrons. The van der Waals surface area contributed by atoms with Crippen molar-refractivity contribution in [2.24, 2.45) is 0 Å². The fourth-order valence-corrected chi connectivity index (χ4v) is 2.02. The number of unbranched alkanes of at least 4 members (excludes halogenated alkanes) is 1. The zero-order chi connectivity index (χ0) is 16.0. The van der Waals surface area contributed by atoms with Crippen LogP contribution in [-0.4, -0.2) is 33.6 Å². The summed E-state index contributed by atoms with van der Waals surface area (Å²) in [7, 11) is 0. The molecule has 0 saturated heterocycles. The number of nitro groups is 1. The van der Waals surface area contributed by atoms with E-state index in [9.17, 15) is 20.0 Å². The normalized spacial score (nSPS) is 12.0. The Balaban J connectivity index is 3.28. The molecule has 0 spiro atoms. The second-order valence-electron chi connectivity index (χ2n) is 4.93. The molecule has 0 aliphatic carbocycles. The third-order valence-corrected chi connectivity index (χ3v) is 3.44. The molecule has 21 heavy (non-hydrogen) atoms. The van der Waals surface area contributed by atoms with Crippen molar-refractivity contribution in [2.75, 3.05) is 11.4 Å². The summed E-state index contributed by atoms with van der Waals surface area (Å²) in [6.45, 7) is 6.73. The molecule has 0 aromatic carbocycles. The highest BCUT2D eigenvalue weighted by Gasteiger charge is 2.23. The van der Waals surface area contributed by atoms with Crippen molar-refractivity contribution in [2.45, 2.75) is 46.1 Å². The first-order valence-corrected chi connectivity index (χ1v) is 7.06. The molecule has 1 atom stereocenters. The number of anilines is 1. The third kappa shape index (κ3) is 4.14. The van der Waals surface area contributed by atoms with Gasteiger partial charge >= 0.3 is 5.97 Å². The van der Waals surface area contributed by atoms with Gasteiger partial charge in [0.25, 0.3) is 5.69 Å². The average molecular weight is 295 g/mol. The van der Waals surface area contributed by atoms with Crippen LogP contribution in [0.5, 0.6) is 0 Å². The maximum absolute atomic E-state index is 11.4. The van der Waals surface area contributed by atoms with Gasteiger partial charge in [-0.3, -0.25) is 10.1 Å².